The first-order chi connectivity index (χ1) is 9.70. The maximum Gasteiger partial charge on any atom is 0.417 e. The Morgan fingerprint density at radius 1 is 1.33 bits per heavy atom. The molecule has 116 valence electrons. The number of carboxylic acids is 1. The Kier molecular flexibility index (Phi) is 4.13. The molecule has 1 aromatic carbocycles. The summed E-state index contributed by atoms with van der Waals surface area (Å²) in [6, 6.07) is 3.43. The normalized spacial score (nSPS) is 20.6. The zero-order valence-electron chi connectivity index (χ0n) is 11.8. The van der Waals surface area contributed by atoms with Crippen LogP contribution in [0.4, 0.5) is 18.9 Å². The van der Waals surface area contributed by atoms with Crippen molar-refractivity contribution in [3.63, 3.8) is 0 Å². The third-order valence-corrected chi connectivity index (χ3v) is 3.70. The van der Waals surface area contributed by atoms with Crippen molar-refractivity contribution in [3.8, 4) is 0 Å². The lowest BCUT2D eigenvalue weighted by Gasteiger charge is -2.40. The van der Waals surface area contributed by atoms with Crippen molar-refractivity contribution in [2.75, 3.05) is 31.6 Å². The molecule has 1 aromatic rings. The van der Waals surface area contributed by atoms with E-state index in [0.29, 0.717) is 12.2 Å². The molecular weight excluding hydrogens is 285 g/mol. The first-order valence-corrected chi connectivity index (χ1v) is 6.60. The van der Waals surface area contributed by atoms with Gasteiger partial charge in [-0.1, -0.05) is 0 Å². The van der Waals surface area contributed by atoms with Gasteiger partial charge < -0.3 is 14.9 Å². The number of carbonyl (C=O) groups is 1. The van der Waals surface area contributed by atoms with Gasteiger partial charge in [0.25, 0.3) is 0 Å². The maximum absolute atomic E-state index is 12.8. The van der Waals surface area contributed by atoms with Crippen LogP contribution in [0, 0.1) is 0 Å². The topological polar surface area (TPSA) is 43.8 Å². The van der Waals surface area contributed by atoms with Crippen molar-refractivity contribution >= 4 is 11.7 Å². The molecule has 21 heavy (non-hydrogen) atoms. The Hall–Kier alpha value is -1.76. The molecule has 1 aliphatic heterocycles. The molecule has 7 heteroatoms. The highest BCUT2D eigenvalue weighted by Gasteiger charge is 2.36. The van der Waals surface area contributed by atoms with Gasteiger partial charge in [0, 0.05) is 31.4 Å². The molecular formula is C14H17F3N2O2. The largest absolute Gasteiger partial charge is 0.478 e. The lowest BCUT2D eigenvalue weighted by atomic mass is 10.0. The van der Waals surface area contributed by atoms with Gasteiger partial charge in [0.15, 0.2) is 0 Å². The fraction of sp³-hybridized carbons (Fsp3) is 0.500. The number of aromatic carboxylic acids is 1. The molecule has 1 unspecified atom stereocenters. The minimum atomic E-state index is -4.67. The summed E-state index contributed by atoms with van der Waals surface area (Å²) in [6.45, 7) is 4.19. The summed E-state index contributed by atoms with van der Waals surface area (Å²) in [7, 11) is 1.98. The molecule has 0 amide bonds. The van der Waals surface area contributed by atoms with E-state index in [4.69, 9.17) is 5.11 Å². The minimum Gasteiger partial charge on any atom is -0.478 e. The number of piperazine rings is 1. The fourth-order valence-electron chi connectivity index (χ4n) is 2.66. The molecule has 0 bridgehead atoms. The predicted molar refractivity (Wildman–Crippen MR) is 72.7 cm³/mol. The number of alkyl halides is 3. The van der Waals surface area contributed by atoms with E-state index < -0.39 is 23.3 Å². The van der Waals surface area contributed by atoms with E-state index in [1.165, 1.54) is 6.07 Å². The van der Waals surface area contributed by atoms with Crippen LogP contribution in [0.2, 0.25) is 0 Å². The second kappa shape index (κ2) is 5.55. The predicted octanol–water partition coefficient (Wildman–Crippen LogP) is 2.54. The number of likely N-dealkylation sites (N-methyl/N-ethyl adjacent to an activating group) is 1. The van der Waals surface area contributed by atoms with E-state index >= 15 is 0 Å². The van der Waals surface area contributed by atoms with Crippen LogP contribution < -0.4 is 4.90 Å². The molecule has 1 N–H and O–H groups in total. The van der Waals surface area contributed by atoms with Gasteiger partial charge >= 0.3 is 12.1 Å². The number of nitrogens with zero attached hydrogens (tertiary/aromatic N) is 2. The van der Waals surface area contributed by atoms with Gasteiger partial charge in [-0.05, 0) is 32.2 Å². The molecule has 2 rings (SSSR count). The van der Waals surface area contributed by atoms with Gasteiger partial charge in [-0.2, -0.15) is 13.2 Å². The zero-order chi connectivity index (χ0) is 15.8. The van der Waals surface area contributed by atoms with Crippen LogP contribution in [0.25, 0.3) is 0 Å². The number of hydrogen-bond acceptors (Lipinski definition) is 3. The number of benzene rings is 1. The second-order valence-corrected chi connectivity index (χ2v) is 5.34. The monoisotopic (exact) mass is 302 g/mol. The summed E-state index contributed by atoms with van der Waals surface area (Å²) in [5, 5.41) is 9.03. The fourth-order valence-corrected chi connectivity index (χ4v) is 2.66. The molecule has 0 saturated carbocycles. The molecule has 0 aromatic heterocycles. The van der Waals surface area contributed by atoms with Gasteiger partial charge in [-0.3, -0.25) is 0 Å². The van der Waals surface area contributed by atoms with Crippen molar-refractivity contribution in [1.29, 1.82) is 0 Å². The van der Waals surface area contributed by atoms with Crippen LogP contribution in [-0.2, 0) is 6.18 Å². The molecule has 1 heterocycles. The molecule has 1 aliphatic rings. The number of anilines is 1. The minimum absolute atomic E-state index is 0.113. The molecule has 4 nitrogen and oxygen atoms in total. The Bertz CT molecular complexity index is 546. The Morgan fingerprint density at radius 3 is 2.52 bits per heavy atom. The first kappa shape index (κ1) is 15.6. The highest BCUT2D eigenvalue weighted by molar-refractivity contribution is 5.91. The van der Waals surface area contributed by atoms with E-state index in [1.54, 1.807) is 0 Å². The molecule has 0 radical (unpaired) electrons. The van der Waals surface area contributed by atoms with Crippen LogP contribution >= 0.6 is 0 Å². The number of carboxylic acid groups (broad SMARTS) is 1. The highest BCUT2D eigenvalue weighted by atomic mass is 19.4. The van der Waals surface area contributed by atoms with Crippen LogP contribution in [0.5, 0.6) is 0 Å². The average molecular weight is 302 g/mol. The molecule has 0 spiro atoms. The summed E-state index contributed by atoms with van der Waals surface area (Å²) in [5.74, 6) is -1.56. The third kappa shape index (κ3) is 3.29. The Labute approximate surface area is 120 Å². The van der Waals surface area contributed by atoms with Crippen molar-refractivity contribution in [2.45, 2.75) is 19.1 Å². The lowest BCUT2D eigenvalue weighted by Crippen LogP contribution is -2.50. The second-order valence-electron chi connectivity index (χ2n) is 5.34. The number of hydrogen-bond donors (Lipinski definition) is 1. The van der Waals surface area contributed by atoms with Gasteiger partial charge in [0.2, 0.25) is 0 Å². The maximum atomic E-state index is 12.8. The van der Waals surface area contributed by atoms with Crippen molar-refractivity contribution in [1.82, 2.24) is 4.90 Å². The van der Waals surface area contributed by atoms with Crippen LogP contribution in [0.15, 0.2) is 18.2 Å². The molecule has 1 fully saturated rings. The first-order valence-electron chi connectivity index (χ1n) is 6.60. The van der Waals surface area contributed by atoms with Gasteiger partial charge in [0.1, 0.15) is 0 Å². The van der Waals surface area contributed by atoms with Gasteiger partial charge in [-0.25, -0.2) is 4.79 Å². The van der Waals surface area contributed by atoms with Crippen LogP contribution in [0.1, 0.15) is 22.8 Å². The highest BCUT2D eigenvalue weighted by Crippen LogP contribution is 2.34. The SMILES string of the molecule is CC1CN(C)CCN1c1ccc(C(F)(F)F)c(C(=O)O)c1. The standard InChI is InChI=1S/C14H17F3N2O2/c1-9-8-18(2)5-6-19(9)10-3-4-12(14(15,16)17)11(7-10)13(20)21/h3-4,7,9H,5-6,8H2,1-2H3,(H,20,21). The average Bonchev–Trinajstić information content (AvgIpc) is 2.37. The van der Waals surface area contributed by atoms with Crippen LogP contribution in [-0.4, -0.2) is 48.7 Å². The number of rotatable bonds is 2. The Balaban J connectivity index is 2.39. The molecule has 1 saturated heterocycles. The van der Waals surface area contributed by atoms with E-state index in [2.05, 4.69) is 4.90 Å². The summed E-state index contributed by atoms with van der Waals surface area (Å²) in [4.78, 5) is 15.2. The molecule has 0 aliphatic carbocycles. The third-order valence-electron chi connectivity index (χ3n) is 3.70. The van der Waals surface area contributed by atoms with E-state index in [0.717, 1.165) is 25.2 Å². The summed E-state index contributed by atoms with van der Waals surface area (Å²) >= 11 is 0. The zero-order valence-corrected chi connectivity index (χ0v) is 11.8. The Morgan fingerprint density at radius 2 is 2.00 bits per heavy atom. The molecule has 1 atom stereocenters. The van der Waals surface area contributed by atoms with Crippen molar-refractivity contribution in [3.05, 3.63) is 29.3 Å². The van der Waals surface area contributed by atoms with E-state index in [-0.39, 0.29) is 6.04 Å². The number of halogens is 3. The quantitative estimate of drug-likeness (QED) is 0.912. The summed E-state index contributed by atoms with van der Waals surface area (Å²) in [5.41, 5.74) is -1.30. The lowest BCUT2D eigenvalue weighted by molar-refractivity contribution is -0.138. The van der Waals surface area contributed by atoms with E-state index in [9.17, 15) is 18.0 Å². The van der Waals surface area contributed by atoms with Gasteiger partial charge in [0.05, 0.1) is 11.1 Å². The smallest absolute Gasteiger partial charge is 0.417 e. The van der Waals surface area contributed by atoms with Gasteiger partial charge in [-0.15, -0.1) is 0 Å². The van der Waals surface area contributed by atoms with Crippen molar-refractivity contribution < 1.29 is 23.1 Å². The van der Waals surface area contributed by atoms with E-state index in [1.807, 2.05) is 18.9 Å². The van der Waals surface area contributed by atoms with Crippen molar-refractivity contribution in [2.24, 2.45) is 0 Å². The summed E-state index contributed by atoms with van der Waals surface area (Å²) < 4.78 is 38.5. The van der Waals surface area contributed by atoms with Crippen LogP contribution in [0.3, 0.4) is 0 Å². The summed E-state index contributed by atoms with van der Waals surface area (Å²) in [6.07, 6.45) is -4.67.